The number of aromatic nitrogens is 3. The molecule has 3 N–H and O–H groups in total. The Labute approximate surface area is 228 Å². The second kappa shape index (κ2) is 10.9. The molecule has 1 amide bonds. The van der Waals surface area contributed by atoms with Gasteiger partial charge in [0.15, 0.2) is 0 Å². The molecule has 1 aliphatic carbocycles. The smallest absolute Gasteiger partial charge is 0.248 e. The van der Waals surface area contributed by atoms with E-state index in [1.165, 1.54) is 0 Å². The number of carbonyl (C=O) groups is 1. The molecule has 3 aromatic rings. The monoisotopic (exact) mass is 537 g/mol. The topological polar surface area (TPSA) is 104 Å². The van der Waals surface area contributed by atoms with Gasteiger partial charge in [-0.25, -0.2) is 4.98 Å². The number of aryl methyl sites for hydroxylation is 1. The number of carbonyl (C=O) groups excluding carboxylic acids is 1. The van der Waals surface area contributed by atoms with E-state index < -0.39 is 24.4 Å². The van der Waals surface area contributed by atoms with Gasteiger partial charge < -0.3 is 15.1 Å². The van der Waals surface area contributed by atoms with Gasteiger partial charge in [0.1, 0.15) is 12.3 Å². The van der Waals surface area contributed by atoms with Crippen LogP contribution >= 0.6 is 11.3 Å². The minimum atomic E-state index is -0.954. The van der Waals surface area contributed by atoms with Crippen molar-refractivity contribution in [2.24, 2.45) is 5.92 Å². The lowest BCUT2D eigenvalue weighted by Gasteiger charge is -2.37. The SMILES string of the molecule is Cc1ncsc1-c1ccc(CNC(O)C2CC(O)CN2C(=O)C(C2CCC2)n2cc(C(C)(C)C)cn2)cc1. The maximum atomic E-state index is 14.0. The lowest BCUT2D eigenvalue weighted by Crippen LogP contribution is -2.52. The van der Waals surface area contributed by atoms with Gasteiger partial charge in [0.25, 0.3) is 0 Å². The van der Waals surface area contributed by atoms with Gasteiger partial charge >= 0.3 is 0 Å². The molecule has 1 aliphatic heterocycles. The highest BCUT2D eigenvalue weighted by Gasteiger charge is 2.44. The molecule has 0 spiro atoms. The minimum Gasteiger partial charge on any atom is -0.391 e. The number of nitrogens with one attached hydrogen (secondary N) is 1. The Bertz CT molecular complexity index is 1240. The molecule has 38 heavy (non-hydrogen) atoms. The Morgan fingerprint density at radius 3 is 2.55 bits per heavy atom. The Hall–Kier alpha value is -2.59. The fourth-order valence-electron chi connectivity index (χ4n) is 5.44. The predicted molar refractivity (Wildman–Crippen MR) is 149 cm³/mol. The Morgan fingerprint density at radius 1 is 1.24 bits per heavy atom. The van der Waals surface area contributed by atoms with Crippen molar-refractivity contribution in [1.82, 2.24) is 25.0 Å². The van der Waals surface area contributed by atoms with Crippen molar-refractivity contribution in [3.63, 3.8) is 0 Å². The van der Waals surface area contributed by atoms with Crippen LogP contribution in [0.5, 0.6) is 0 Å². The zero-order chi connectivity index (χ0) is 27.0. The maximum absolute atomic E-state index is 14.0. The molecule has 0 radical (unpaired) electrons. The summed E-state index contributed by atoms with van der Waals surface area (Å²) in [6.07, 6.45) is 5.66. The van der Waals surface area contributed by atoms with E-state index in [4.69, 9.17) is 0 Å². The van der Waals surface area contributed by atoms with E-state index in [9.17, 15) is 15.0 Å². The van der Waals surface area contributed by atoms with Crippen LogP contribution in [0.3, 0.4) is 0 Å². The van der Waals surface area contributed by atoms with Crippen molar-refractivity contribution in [2.75, 3.05) is 6.54 Å². The summed E-state index contributed by atoms with van der Waals surface area (Å²) in [5.74, 6) is 0.157. The van der Waals surface area contributed by atoms with Crippen LogP contribution in [0.1, 0.15) is 69.3 Å². The van der Waals surface area contributed by atoms with E-state index in [0.717, 1.165) is 46.5 Å². The summed E-state index contributed by atoms with van der Waals surface area (Å²) >= 11 is 1.62. The molecule has 1 saturated heterocycles. The summed E-state index contributed by atoms with van der Waals surface area (Å²) in [4.78, 5) is 21.1. The number of rotatable bonds is 8. The number of hydrogen-bond acceptors (Lipinski definition) is 7. The van der Waals surface area contributed by atoms with Gasteiger partial charge in [0, 0.05) is 19.3 Å². The molecular weight excluding hydrogens is 498 g/mol. The van der Waals surface area contributed by atoms with E-state index in [1.54, 1.807) is 16.2 Å². The number of likely N-dealkylation sites (tertiary alicyclic amines) is 1. The quantitative estimate of drug-likeness (QED) is 0.375. The summed E-state index contributed by atoms with van der Waals surface area (Å²) in [5.41, 5.74) is 6.06. The summed E-state index contributed by atoms with van der Waals surface area (Å²) < 4.78 is 1.82. The normalized spacial score (nSPS) is 21.9. The lowest BCUT2D eigenvalue weighted by molar-refractivity contribution is -0.141. The van der Waals surface area contributed by atoms with Crippen LogP contribution in [-0.2, 0) is 16.8 Å². The highest BCUT2D eigenvalue weighted by atomic mass is 32.1. The van der Waals surface area contributed by atoms with Crippen LogP contribution < -0.4 is 5.32 Å². The van der Waals surface area contributed by atoms with E-state index >= 15 is 0 Å². The van der Waals surface area contributed by atoms with Crippen LogP contribution in [0.25, 0.3) is 10.4 Å². The predicted octanol–water partition coefficient (Wildman–Crippen LogP) is 4.02. The van der Waals surface area contributed by atoms with E-state index in [2.05, 4.69) is 48.3 Å². The molecule has 1 aromatic carbocycles. The van der Waals surface area contributed by atoms with Gasteiger partial charge in [-0.1, -0.05) is 51.5 Å². The van der Waals surface area contributed by atoms with Crippen molar-refractivity contribution < 1.29 is 15.0 Å². The van der Waals surface area contributed by atoms with Crippen molar-refractivity contribution in [3.8, 4) is 10.4 Å². The van der Waals surface area contributed by atoms with Gasteiger partial charge in [-0.15, -0.1) is 11.3 Å². The fraction of sp³-hybridized carbons (Fsp3) is 0.552. The number of aliphatic hydroxyl groups excluding tert-OH is 2. The van der Waals surface area contributed by atoms with Crippen LogP contribution in [0.2, 0.25) is 0 Å². The van der Waals surface area contributed by atoms with Crippen molar-refractivity contribution in [2.45, 2.75) is 89.8 Å². The van der Waals surface area contributed by atoms with Crippen molar-refractivity contribution in [3.05, 3.63) is 59.0 Å². The number of benzene rings is 1. The van der Waals surface area contributed by atoms with Crippen LogP contribution in [0.15, 0.2) is 42.2 Å². The first-order valence-corrected chi connectivity index (χ1v) is 14.4. The molecule has 9 heteroatoms. The fourth-order valence-corrected chi connectivity index (χ4v) is 6.25. The average Bonchev–Trinajstić information content (AvgIpc) is 3.59. The molecule has 3 heterocycles. The van der Waals surface area contributed by atoms with Crippen LogP contribution in [-0.4, -0.2) is 60.7 Å². The number of hydrogen-bond donors (Lipinski definition) is 3. The number of aliphatic hydroxyl groups is 2. The van der Waals surface area contributed by atoms with Crippen molar-refractivity contribution >= 4 is 17.2 Å². The summed E-state index contributed by atoms with van der Waals surface area (Å²) in [6.45, 7) is 9.10. The second-order valence-corrected chi connectivity index (χ2v) is 12.7. The molecule has 4 unspecified atom stereocenters. The molecule has 0 bridgehead atoms. The largest absolute Gasteiger partial charge is 0.391 e. The highest BCUT2D eigenvalue weighted by Crippen LogP contribution is 2.39. The van der Waals surface area contributed by atoms with Crippen LogP contribution in [0, 0.1) is 12.8 Å². The first kappa shape index (κ1) is 27.0. The zero-order valence-corrected chi connectivity index (χ0v) is 23.5. The Morgan fingerprint density at radius 2 is 1.97 bits per heavy atom. The third-order valence-electron chi connectivity index (χ3n) is 8.05. The van der Waals surface area contributed by atoms with Gasteiger partial charge in [-0.2, -0.15) is 5.10 Å². The van der Waals surface area contributed by atoms with Crippen molar-refractivity contribution in [1.29, 1.82) is 0 Å². The second-order valence-electron chi connectivity index (χ2n) is 11.8. The van der Waals surface area contributed by atoms with E-state index in [1.807, 2.05) is 41.6 Å². The summed E-state index contributed by atoms with van der Waals surface area (Å²) in [7, 11) is 0. The molecule has 5 rings (SSSR count). The van der Waals surface area contributed by atoms with Gasteiger partial charge in [-0.05, 0) is 54.2 Å². The Balaban J connectivity index is 1.28. The molecule has 204 valence electrons. The number of β-amino-alcohol motifs (C(OH)–C–C–N with tert-alkyl or cyclic N) is 1. The molecule has 1 saturated carbocycles. The molecule has 8 nitrogen and oxygen atoms in total. The molecule has 4 atom stereocenters. The van der Waals surface area contributed by atoms with Gasteiger partial charge in [0.05, 0.1) is 34.4 Å². The first-order valence-electron chi connectivity index (χ1n) is 13.6. The summed E-state index contributed by atoms with van der Waals surface area (Å²) in [6, 6.07) is 7.30. The number of thiazole rings is 1. The molecule has 2 aromatic heterocycles. The molecular formula is C29H39N5O3S. The van der Waals surface area contributed by atoms with Gasteiger partial charge in [-0.3, -0.25) is 14.8 Å². The average molecular weight is 538 g/mol. The third-order valence-corrected chi connectivity index (χ3v) is 9.03. The standard InChI is InChI=1S/C29H39N5O3S/c1-18-26(38-17-31-18)21-10-8-19(9-11-21)13-30-27(36)24-12-23(35)16-33(24)28(37)25(20-6-5-7-20)34-15-22(14-32-34)29(2,3)4/h8-11,14-15,17,20,23-25,27,30,35-36H,5-7,12-13,16H2,1-4H3. The summed E-state index contributed by atoms with van der Waals surface area (Å²) in [5, 5.41) is 29.4. The first-order chi connectivity index (χ1) is 18.1. The number of nitrogens with zero attached hydrogens (tertiary/aromatic N) is 4. The molecule has 2 aliphatic rings. The number of amides is 1. The molecule has 2 fully saturated rings. The maximum Gasteiger partial charge on any atom is 0.248 e. The minimum absolute atomic E-state index is 0.0599. The van der Waals surface area contributed by atoms with E-state index in [0.29, 0.717) is 13.0 Å². The Kier molecular flexibility index (Phi) is 7.73. The third kappa shape index (κ3) is 5.57. The highest BCUT2D eigenvalue weighted by molar-refractivity contribution is 7.13. The lowest BCUT2D eigenvalue weighted by atomic mass is 9.79. The van der Waals surface area contributed by atoms with Gasteiger partial charge in [0.2, 0.25) is 5.91 Å². The zero-order valence-electron chi connectivity index (χ0n) is 22.7. The van der Waals surface area contributed by atoms with E-state index in [-0.39, 0.29) is 23.8 Å². The van der Waals surface area contributed by atoms with Crippen LogP contribution in [0.4, 0.5) is 0 Å².